The molecular weight excluding hydrogens is 403 g/mol. The Kier molecular flexibility index (Phi) is 5.72. The highest BCUT2D eigenvalue weighted by atomic mass is 35.5. The molecule has 0 spiro atoms. The second kappa shape index (κ2) is 8.04. The number of hydrogen-bond acceptors (Lipinski definition) is 5. The van der Waals surface area contributed by atoms with Gasteiger partial charge in [-0.25, -0.2) is 9.69 Å². The van der Waals surface area contributed by atoms with Gasteiger partial charge in [-0.1, -0.05) is 29.3 Å². The first-order valence-electron chi connectivity index (χ1n) is 8.43. The van der Waals surface area contributed by atoms with Gasteiger partial charge in [-0.05, 0) is 55.8 Å². The molecule has 1 heterocycles. The van der Waals surface area contributed by atoms with E-state index in [2.05, 4.69) is 5.32 Å². The SMILES string of the molecule is CCOC(=O)c1ccc(NC2=C(Cl)C(=O)N(c3cccc(Cl)c3C)C2=O)cc1. The van der Waals surface area contributed by atoms with Gasteiger partial charge < -0.3 is 10.1 Å². The summed E-state index contributed by atoms with van der Waals surface area (Å²) < 4.78 is 4.93. The van der Waals surface area contributed by atoms with E-state index in [-0.39, 0.29) is 17.3 Å². The zero-order chi connectivity index (χ0) is 20.4. The van der Waals surface area contributed by atoms with Crippen molar-refractivity contribution < 1.29 is 19.1 Å². The highest BCUT2D eigenvalue weighted by molar-refractivity contribution is 6.53. The van der Waals surface area contributed by atoms with Crippen molar-refractivity contribution in [2.45, 2.75) is 13.8 Å². The van der Waals surface area contributed by atoms with Crippen LogP contribution in [0.5, 0.6) is 0 Å². The van der Waals surface area contributed by atoms with E-state index in [0.717, 1.165) is 4.90 Å². The fraction of sp³-hybridized carbons (Fsp3) is 0.150. The van der Waals surface area contributed by atoms with Crippen LogP contribution in [0.25, 0.3) is 0 Å². The molecule has 0 radical (unpaired) electrons. The van der Waals surface area contributed by atoms with Crippen molar-refractivity contribution >= 4 is 52.4 Å². The Morgan fingerprint density at radius 1 is 1.07 bits per heavy atom. The van der Waals surface area contributed by atoms with Crippen LogP contribution in [0.2, 0.25) is 5.02 Å². The number of anilines is 2. The number of amides is 2. The fourth-order valence-corrected chi connectivity index (χ4v) is 3.10. The molecule has 8 heteroatoms. The Morgan fingerprint density at radius 2 is 1.75 bits per heavy atom. The third kappa shape index (κ3) is 3.61. The zero-order valence-electron chi connectivity index (χ0n) is 15.1. The van der Waals surface area contributed by atoms with E-state index >= 15 is 0 Å². The molecular formula is C20H16Cl2N2O4. The van der Waals surface area contributed by atoms with Crippen LogP contribution in [0, 0.1) is 6.92 Å². The molecule has 3 rings (SSSR count). The molecule has 1 aliphatic rings. The van der Waals surface area contributed by atoms with Crippen molar-refractivity contribution in [1.82, 2.24) is 0 Å². The van der Waals surface area contributed by atoms with Crippen LogP contribution in [-0.2, 0) is 14.3 Å². The molecule has 0 bridgehead atoms. The second-order valence-electron chi connectivity index (χ2n) is 5.94. The third-order valence-electron chi connectivity index (χ3n) is 4.17. The number of nitrogens with zero attached hydrogens (tertiary/aromatic N) is 1. The summed E-state index contributed by atoms with van der Waals surface area (Å²) in [4.78, 5) is 38.1. The van der Waals surface area contributed by atoms with Gasteiger partial charge in [0.15, 0.2) is 0 Å². The van der Waals surface area contributed by atoms with Crippen molar-refractivity contribution in [1.29, 1.82) is 0 Å². The normalized spacial score (nSPS) is 13.9. The van der Waals surface area contributed by atoms with E-state index in [9.17, 15) is 14.4 Å². The standard InChI is InChI=1S/C20H16Cl2N2O4/c1-3-28-20(27)12-7-9-13(10-8-12)23-17-16(22)18(25)24(19(17)26)15-6-4-5-14(21)11(15)2/h4-10,23H,3H2,1-2H3. The number of carbonyl (C=O) groups is 3. The van der Waals surface area contributed by atoms with Crippen LogP contribution in [-0.4, -0.2) is 24.4 Å². The summed E-state index contributed by atoms with van der Waals surface area (Å²) in [6, 6.07) is 11.2. The molecule has 0 unspecified atom stereocenters. The molecule has 1 N–H and O–H groups in total. The van der Waals surface area contributed by atoms with E-state index in [4.69, 9.17) is 27.9 Å². The lowest BCUT2D eigenvalue weighted by Crippen LogP contribution is -2.32. The third-order valence-corrected chi connectivity index (χ3v) is 4.93. The number of imide groups is 1. The van der Waals surface area contributed by atoms with Gasteiger partial charge in [0.1, 0.15) is 10.7 Å². The molecule has 144 valence electrons. The predicted molar refractivity (Wildman–Crippen MR) is 108 cm³/mol. The number of rotatable bonds is 5. The monoisotopic (exact) mass is 418 g/mol. The number of carbonyl (C=O) groups excluding carboxylic acids is 3. The Labute approximate surface area is 171 Å². The number of benzene rings is 2. The molecule has 0 saturated carbocycles. The van der Waals surface area contributed by atoms with Crippen LogP contribution < -0.4 is 10.2 Å². The second-order valence-corrected chi connectivity index (χ2v) is 6.73. The summed E-state index contributed by atoms with van der Waals surface area (Å²) in [7, 11) is 0. The topological polar surface area (TPSA) is 75.7 Å². The van der Waals surface area contributed by atoms with Gasteiger partial charge in [0.25, 0.3) is 11.8 Å². The molecule has 0 aliphatic carbocycles. The van der Waals surface area contributed by atoms with Crippen molar-refractivity contribution in [3.05, 3.63) is 69.3 Å². The summed E-state index contributed by atoms with van der Waals surface area (Å²) in [6.45, 7) is 3.71. The lowest BCUT2D eigenvalue weighted by molar-refractivity contribution is -0.120. The maximum atomic E-state index is 12.8. The average molecular weight is 419 g/mol. The maximum absolute atomic E-state index is 12.8. The molecule has 6 nitrogen and oxygen atoms in total. The summed E-state index contributed by atoms with van der Waals surface area (Å²) >= 11 is 12.2. The largest absolute Gasteiger partial charge is 0.462 e. The Bertz CT molecular complexity index is 1000. The van der Waals surface area contributed by atoms with Crippen molar-refractivity contribution in [2.75, 3.05) is 16.8 Å². The fourth-order valence-electron chi connectivity index (χ4n) is 2.72. The van der Waals surface area contributed by atoms with E-state index < -0.39 is 17.8 Å². The molecule has 0 aromatic heterocycles. The minimum Gasteiger partial charge on any atom is -0.462 e. The molecule has 2 amide bonds. The Hall–Kier alpha value is -2.83. The summed E-state index contributed by atoms with van der Waals surface area (Å²) in [6.07, 6.45) is 0. The molecule has 0 fully saturated rings. The summed E-state index contributed by atoms with van der Waals surface area (Å²) in [5.74, 6) is -1.67. The lowest BCUT2D eigenvalue weighted by Gasteiger charge is -2.18. The van der Waals surface area contributed by atoms with Crippen molar-refractivity contribution in [3.8, 4) is 0 Å². The molecule has 28 heavy (non-hydrogen) atoms. The van der Waals surface area contributed by atoms with E-state index in [1.54, 1.807) is 56.3 Å². The molecule has 2 aromatic rings. The molecule has 2 aromatic carbocycles. The van der Waals surface area contributed by atoms with E-state index in [1.165, 1.54) is 0 Å². The number of hydrogen-bond donors (Lipinski definition) is 1. The first-order valence-corrected chi connectivity index (χ1v) is 9.18. The first kappa shape index (κ1) is 19.9. The lowest BCUT2D eigenvalue weighted by atomic mass is 10.2. The molecule has 1 aliphatic heterocycles. The van der Waals surface area contributed by atoms with Crippen LogP contribution in [0.1, 0.15) is 22.8 Å². The average Bonchev–Trinajstić information content (AvgIpc) is 2.88. The van der Waals surface area contributed by atoms with Crippen LogP contribution >= 0.6 is 23.2 Å². The molecule has 0 atom stereocenters. The Balaban J connectivity index is 1.85. The van der Waals surface area contributed by atoms with Crippen molar-refractivity contribution in [3.63, 3.8) is 0 Å². The van der Waals surface area contributed by atoms with Crippen LogP contribution in [0.4, 0.5) is 11.4 Å². The van der Waals surface area contributed by atoms with Gasteiger partial charge in [0.05, 0.1) is 17.9 Å². The van der Waals surface area contributed by atoms with Crippen LogP contribution in [0.15, 0.2) is 53.2 Å². The summed E-state index contributed by atoms with van der Waals surface area (Å²) in [5.41, 5.74) is 1.78. The smallest absolute Gasteiger partial charge is 0.338 e. The predicted octanol–water partition coefficient (Wildman–Crippen LogP) is 4.26. The van der Waals surface area contributed by atoms with E-state index in [0.29, 0.717) is 27.5 Å². The van der Waals surface area contributed by atoms with Gasteiger partial charge >= 0.3 is 5.97 Å². The Morgan fingerprint density at radius 3 is 2.39 bits per heavy atom. The number of nitrogens with one attached hydrogen (secondary N) is 1. The van der Waals surface area contributed by atoms with Gasteiger partial charge in [0.2, 0.25) is 0 Å². The summed E-state index contributed by atoms with van der Waals surface area (Å²) in [5, 5.41) is 3.07. The number of ether oxygens (including phenoxy) is 1. The minimum atomic E-state index is -0.636. The van der Waals surface area contributed by atoms with Gasteiger partial charge in [-0.2, -0.15) is 0 Å². The van der Waals surface area contributed by atoms with Gasteiger partial charge in [0, 0.05) is 10.7 Å². The highest BCUT2D eigenvalue weighted by Crippen LogP contribution is 2.34. The minimum absolute atomic E-state index is 0.0464. The van der Waals surface area contributed by atoms with Gasteiger partial charge in [-0.3, -0.25) is 9.59 Å². The zero-order valence-corrected chi connectivity index (χ0v) is 16.6. The van der Waals surface area contributed by atoms with E-state index in [1.807, 2.05) is 0 Å². The van der Waals surface area contributed by atoms with Crippen LogP contribution in [0.3, 0.4) is 0 Å². The maximum Gasteiger partial charge on any atom is 0.338 e. The highest BCUT2D eigenvalue weighted by Gasteiger charge is 2.39. The van der Waals surface area contributed by atoms with Crippen molar-refractivity contribution in [2.24, 2.45) is 0 Å². The first-order chi connectivity index (χ1) is 13.3. The number of esters is 1. The number of halogens is 2. The van der Waals surface area contributed by atoms with Gasteiger partial charge in [-0.15, -0.1) is 0 Å². The molecule has 0 saturated heterocycles. The quantitative estimate of drug-likeness (QED) is 0.579.